The Kier molecular flexibility index (Phi) is 3.88. The molecule has 0 saturated carbocycles. The summed E-state index contributed by atoms with van der Waals surface area (Å²) < 4.78 is 0. The fourth-order valence-corrected chi connectivity index (χ4v) is 1.99. The van der Waals surface area contributed by atoms with Gasteiger partial charge in [0.15, 0.2) is 0 Å². The van der Waals surface area contributed by atoms with Gasteiger partial charge in [-0.2, -0.15) is 10.2 Å². The Morgan fingerprint density at radius 1 is 1.24 bits per heavy atom. The van der Waals surface area contributed by atoms with Gasteiger partial charge >= 0.3 is 0 Å². The summed E-state index contributed by atoms with van der Waals surface area (Å²) in [4.78, 5) is 2.15. The predicted octanol–water partition coefficient (Wildman–Crippen LogP) is 1.84. The number of rotatable bonds is 5. The van der Waals surface area contributed by atoms with Crippen LogP contribution in [-0.4, -0.2) is 35.0 Å². The number of fused-ring (bicyclic) bond motifs is 1. The molecular formula is C13H17N3O. The molecule has 1 heterocycles. The molecule has 0 radical (unpaired) electrons. The van der Waals surface area contributed by atoms with Crippen LogP contribution in [0.1, 0.15) is 13.3 Å². The third kappa shape index (κ3) is 2.53. The smallest absolute Gasteiger partial charge is 0.0950 e. The summed E-state index contributed by atoms with van der Waals surface area (Å²) >= 11 is 0. The van der Waals surface area contributed by atoms with E-state index in [1.807, 2.05) is 24.3 Å². The van der Waals surface area contributed by atoms with E-state index in [1.54, 1.807) is 6.20 Å². The topological polar surface area (TPSA) is 49.2 Å². The average Bonchev–Trinajstić information content (AvgIpc) is 2.38. The standard InChI is InChI=1S/C13H17N3O/c1-2-7-16(8-9-17)13-10-14-15-12-6-4-3-5-11(12)13/h3-6,10,17H,2,7-9H2,1H3. The maximum atomic E-state index is 9.12. The Hall–Kier alpha value is -1.68. The molecule has 0 aliphatic rings. The van der Waals surface area contributed by atoms with Crippen molar-refractivity contribution < 1.29 is 5.11 Å². The number of anilines is 1. The summed E-state index contributed by atoms with van der Waals surface area (Å²) in [5, 5.41) is 18.3. The van der Waals surface area contributed by atoms with Crippen LogP contribution in [0, 0.1) is 0 Å². The summed E-state index contributed by atoms with van der Waals surface area (Å²) in [6, 6.07) is 7.95. The molecule has 0 amide bonds. The average molecular weight is 231 g/mol. The van der Waals surface area contributed by atoms with E-state index in [9.17, 15) is 0 Å². The molecule has 1 aromatic heterocycles. The van der Waals surface area contributed by atoms with Gasteiger partial charge in [-0.15, -0.1) is 0 Å². The van der Waals surface area contributed by atoms with Gasteiger partial charge in [0.2, 0.25) is 0 Å². The number of hydrogen-bond donors (Lipinski definition) is 1. The number of hydrogen-bond acceptors (Lipinski definition) is 4. The van der Waals surface area contributed by atoms with Crippen molar-refractivity contribution >= 4 is 16.6 Å². The predicted molar refractivity (Wildman–Crippen MR) is 69.1 cm³/mol. The summed E-state index contributed by atoms with van der Waals surface area (Å²) in [5.41, 5.74) is 1.94. The molecule has 17 heavy (non-hydrogen) atoms. The lowest BCUT2D eigenvalue weighted by atomic mass is 10.2. The first-order valence-corrected chi connectivity index (χ1v) is 5.93. The quantitative estimate of drug-likeness (QED) is 0.853. The van der Waals surface area contributed by atoms with Crippen LogP contribution in [0.2, 0.25) is 0 Å². The van der Waals surface area contributed by atoms with Crippen molar-refractivity contribution in [1.82, 2.24) is 10.2 Å². The first-order valence-electron chi connectivity index (χ1n) is 5.93. The second-order valence-corrected chi connectivity index (χ2v) is 3.96. The molecule has 0 atom stereocenters. The third-order valence-corrected chi connectivity index (χ3v) is 2.73. The van der Waals surface area contributed by atoms with Gasteiger partial charge in [0.25, 0.3) is 0 Å². The number of benzene rings is 1. The van der Waals surface area contributed by atoms with E-state index in [-0.39, 0.29) is 6.61 Å². The van der Waals surface area contributed by atoms with E-state index >= 15 is 0 Å². The highest BCUT2D eigenvalue weighted by molar-refractivity contribution is 5.90. The molecule has 0 unspecified atom stereocenters. The maximum Gasteiger partial charge on any atom is 0.0950 e. The zero-order valence-corrected chi connectivity index (χ0v) is 10.0. The minimum Gasteiger partial charge on any atom is -0.395 e. The highest BCUT2D eigenvalue weighted by Crippen LogP contribution is 2.23. The SMILES string of the molecule is CCCN(CCO)c1cnnc2ccccc12. The summed E-state index contributed by atoms with van der Waals surface area (Å²) in [6.45, 7) is 3.82. The number of nitrogens with zero attached hydrogens (tertiary/aromatic N) is 3. The lowest BCUT2D eigenvalue weighted by Crippen LogP contribution is -2.27. The maximum absolute atomic E-state index is 9.12. The van der Waals surface area contributed by atoms with Gasteiger partial charge in [0, 0.05) is 18.5 Å². The molecule has 0 aliphatic heterocycles. The second kappa shape index (κ2) is 5.59. The Balaban J connectivity index is 2.44. The molecule has 4 nitrogen and oxygen atoms in total. The fraction of sp³-hybridized carbons (Fsp3) is 0.385. The molecule has 0 aliphatic carbocycles. The van der Waals surface area contributed by atoms with Gasteiger partial charge in [0.1, 0.15) is 0 Å². The highest BCUT2D eigenvalue weighted by atomic mass is 16.3. The lowest BCUT2D eigenvalue weighted by Gasteiger charge is -2.23. The number of aliphatic hydroxyl groups excluding tert-OH is 1. The molecule has 2 rings (SSSR count). The van der Waals surface area contributed by atoms with E-state index in [1.165, 1.54) is 0 Å². The Morgan fingerprint density at radius 3 is 2.82 bits per heavy atom. The van der Waals surface area contributed by atoms with Crippen LogP contribution in [0.15, 0.2) is 30.5 Å². The molecule has 90 valence electrons. The van der Waals surface area contributed by atoms with E-state index in [0.29, 0.717) is 6.54 Å². The molecular weight excluding hydrogens is 214 g/mol. The molecule has 0 spiro atoms. The molecule has 1 N–H and O–H groups in total. The normalized spacial score (nSPS) is 10.7. The first kappa shape index (κ1) is 11.8. The summed E-state index contributed by atoms with van der Waals surface area (Å²) in [5.74, 6) is 0. The Labute approximate surface area is 101 Å². The third-order valence-electron chi connectivity index (χ3n) is 2.73. The van der Waals surface area contributed by atoms with Crippen molar-refractivity contribution in [2.75, 3.05) is 24.6 Å². The largest absolute Gasteiger partial charge is 0.395 e. The van der Waals surface area contributed by atoms with Crippen molar-refractivity contribution in [3.05, 3.63) is 30.5 Å². The molecule has 0 saturated heterocycles. The Morgan fingerprint density at radius 2 is 2.06 bits per heavy atom. The van der Waals surface area contributed by atoms with Crippen molar-refractivity contribution in [3.8, 4) is 0 Å². The van der Waals surface area contributed by atoms with Crippen LogP contribution < -0.4 is 4.90 Å². The minimum absolute atomic E-state index is 0.149. The lowest BCUT2D eigenvalue weighted by molar-refractivity contribution is 0.302. The van der Waals surface area contributed by atoms with Crippen LogP contribution in [0.4, 0.5) is 5.69 Å². The van der Waals surface area contributed by atoms with Crippen LogP contribution in [0.5, 0.6) is 0 Å². The van der Waals surface area contributed by atoms with Gasteiger partial charge in [-0.1, -0.05) is 25.1 Å². The van der Waals surface area contributed by atoms with E-state index in [0.717, 1.165) is 29.6 Å². The Bertz CT molecular complexity index is 476. The zero-order chi connectivity index (χ0) is 12.1. The first-order chi connectivity index (χ1) is 8.36. The number of aliphatic hydroxyl groups is 1. The van der Waals surface area contributed by atoms with Crippen LogP contribution in [0.3, 0.4) is 0 Å². The van der Waals surface area contributed by atoms with E-state index in [2.05, 4.69) is 22.0 Å². The number of aromatic nitrogens is 2. The van der Waals surface area contributed by atoms with Crippen molar-refractivity contribution in [1.29, 1.82) is 0 Å². The van der Waals surface area contributed by atoms with E-state index in [4.69, 9.17) is 5.11 Å². The van der Waals surface area contributed by atoms with Gasteiger partial charge in [-0.05, 0) is 12.5 Å². The van der Waals surface area contributed by atoms with E-state index < -0.39 is 0 Å². The monoisotopic (exact) mass is 231 g/mol. The van der Waals surface area contributed by atoms with Gasteiger partial charge in [-0.25, -0.2) is 0 Å². The van der Waals surface area contributed by atoms with Crippen molar-refractivity contribution in [2.45, 2.75) is 13.3 Å². The summed E-state index contributed by atoms with van der Waals surface area (Å²) in [6.07, 6.45) is 2.81. The van der Waals surface area contributed by atoms with Crippen molar-refractivity contribution in [2.24, 2.45) is 0 Å². The molecule has 4 heteroatoms. The fourth-order valence-electron chi connectivity index (χ4n) is 1.99. The van der Waals surface area contributed by atoms with Gasteiger partial charge < -0.3 is 10.0 Å². The van der Waals surface area contributed by atoms with Crippen LogP contribution in [0.25, 0.3) is 10.9 Å². The molecule has 0 fully saturated rings. The molecule has 2 aromatic rings. The van der Waals surface area contributed by atoms with Crippen LogP contribution in [-0.2, 0) is 0 Å². The molecule has 1 aromatic carbocycles. The molecule has 0 bridgehead atoms. The second-order valence-electron chi connectivity index (χ2n) is 3.96. The summed E-state index contributed by atoms with van der Waals surface area (Å²) in [7, 11) is 0. The highest BCUT2D eigenvalue weighted by Gasteiger charge is 2.09. The van der Waals surface area contributed by atoms with Gasteiger partial charge in [-0.3, -0.25) is 0 Å². The minimum atomic E-state index is 0.149. The van der Waals surface area contributed by atoms with Crippen LogP contribution >= 0.6 is 0 Å². The van der Waals surface area contributed by atoms with Gasteiger partial charge in [0.05, 0.1) is 24.0 Å². The zero-order valence-electron chi connectivity index (χ0n) is 10.0. The van der Waals surface area contributed by atoms with Crippen molar-refractivity contribution in [3.63, 3.8) is 0 Å².